The molecule has 0 unspecified atom stereocenters. The number of carbonyl (C=O) groups is 1. The van der Waals surface area contributed by atoms with Gasteiger partial charge in [0, 0.05) is 24.8 Å². The van der Waals surface area contributed by atoms with Crippen LogP contribution in [0.25, 0.3) is 0 Å². The Balaban J connectivity index is 1.43. The molecule has 1 N–H and O–H groups in total. The van der Waals surface area contributed by atoms with E-state index in [0.717, 1.165) is 43.8 Å². The van der Waals surface area contributed by atoms with Gasteiger partial charge in [-0.2, -0.15) is 0 Å². The second-order valence-electron chi connectivity index (χ2n) is 6.60. The van der Waals surface area contributed by atoms with E-state index < -0.39 is 0 Å². The molecule has 0 radical (unpaired) electrons. The Hall–Kier alpha value is -2.49. The smallest absolute Gasteiger partial charge is 0.241 e. The summed E-state index contributed by atoms with van der Waals surface area (Å²) in [5, 5.41) is 3.20. The lowest BCUT2D eigenvalue weighted by Gasteiger charge is -2.32. The lowest BCUT2D eigenvalue weighted by molar-refractivity contribution is -0.130. The molecule has 2 aromatic rings. The van der Waals surface area contributed by atoms with Crippen molar-refractivity contribution < 1.29 is 9.53 Å². The van der Waals surface area contributed by atoms with Crippen molar-refractivity contribution in [3.8, 4) is 5.75 Å². The highest BCUT2D eigenvalue weighted by Gasteiger charge is 2.22. The fourth-order valence-electron chi connectivity index (χ4n) is 3.36. The van der Waals surface area contributed by atoms with Crippen LogP contribution in [0.1, 0.15) is 18.4 Å². The first-order chi connectivity index (χ1) is 12.2. The van der Waals surface area contributed by atoms with Gasteiger partial charge in [0.2, 0.25) is 5.91 Å². The first-order valence-corrected chi connectivity index (χ1v) is 8.94. The van der Waals surface area contributed by atoms with Gasteiger partial charge in [-0.3, -0.25) is 4.79 Å². The molecule has 4 nitrogen and oxygen atoms in total. The Morgan fingerprint density at radius 1 is 1.12 bits per heavy atom. The van der Waals surface area contributed by atoms with E-state index in [4.69, 9.17) is 4.74 Å². The third-order valence-electron chi connectivity index (χ3n) is 4.85. The molecule has 1 amide bonds. The van der Waals surface area contributed by atoms with Gasteiger partial charge in [-0.05, 0) is 42.9 Å². The van der Waals surface area contributed by atoms with Crippen molar-refractivity contribution in [3.63, 3.8) is 0 Å². The van der Waals surface area contributed by atoms with Crippen LogP contribution in [-0.4, -0.2) is 37.6 Å². The minimum absolute atomic E-state index is 0.168. The standard InChI is InChI=1S/C21H26N2O2/c1-25-20-9-5-8-19(15-20)22-16-21(24)23-12-10-18(11-13-23)14-17-6-3-2-4-7-17/h2-9,15,18,22H,10-14,16H2,1H3. The van der Waals surface area contributed by atoms with Crippen molar-refractivity contribution in [2.45, 2.75) is 19.3 Å². The maximum Gasteiger partial charge on any atom is 0.241 e. The Kier molecular flexibility index (Phi) is 5.94. The van der Waals surface area contributed by atoms with Crippen LogP contribution >= 0.6 is 0 Å². The van der Waals surface area contributed by atoms with Crippen LogP contribution in [0, 0.1) is 5.92 Å². The first kappa shape index (κ1) is 17.3. The number of hydrogen-bond acceptors (Lipinski definition) is 3. The number of anilines is 1. The second kappa shape index (κ2) is 8.56. The zero-order valence-corrected chi connectivity index (χ0v) is 14.8. The third kappa shape index (κ3) is 4.99. The highest BCUT2D eigenvalue weighted by atomic mass is 16.5. The number of rotatable bonds is 6. The zero-order valence-electron chi connectivity index (χ0n) is 14.8. The van der Waals surface area contributed by atoms with Gasteiger partial charge >= 0.3 is 0 Å². The van der Waals surface area contributed by atoms with Crippen LogP contribution < -0.4 is 10.1 Å². The van der Waals surface area contributed by atoms with E-state index in [1.54, 1.807) is 7.11 Å². The van der Waals surface area contributed by atoms with Crippen molar-refractivity contribution in [1.82, 2.24) is 4.90 Å². The fraction of sp³-hybridized carbons (Fsp3) is 0.381. The van der Waals surface area contributed by atoms with Crippen LogP contribution in [0.5, 0.6) is 5.75 Å². The molecule has 1 aliphatic rings. The van der Waals surface area contributed by atoms with E-state index >= 15 is 0 Å². The first-order valence-electron chi connectivity index (χ1n) is 8.94. The van der Waals surface area contributed by atoms with E-state index in [1.807, 2.05) is 29.2 Å². The number of hydrogen-bond donors (Lipinski definition) is 1. The highest BCUT2D eigenvalue weighted by molar-refractivity contribution is 5.81. The van der Waals surface area contributed by atoms with Crippen LogP contribution in [0.4, 0.5) is 5.69 Å². The number of likely N-dealkylation sites (tertiary alicyclic amines) is 1. The summed E-state index contributed by atoms with van der Waals surface area (Å²) in [5.41, 5.74) is 2.30. The molecule has 0 spiro atoms. The van der Waals surface area contributed by atoms with E-state index in [1.165, 1.54) is 5.56 Å². The van der Waals surface area contributed by atoms with Crippen molar-refractivity contribution in [2.75, 3.05) is 32.1 Å². The summed E-state index contributed by atoms with van der Waals surface area (Å²) < 4.78 is 5.20. The van der Waals surface area contributed by atoms with Crippen LogP contribution in [0.2, 0.25) is 0 Å². The monoisotopic (exact) mass is 338 g/mol. The SMILES string of the molecule is COc1cccc(NCC(=O)N2CCC(Cc3ccccc3)CC2)c1. The Bertz CT molecular complexity index is 679. The Morgan fingerprint density at radius 3 is 2.60 bits per heavy atom. The van der Waals surface area contributed by atoms with Gasteiger partial charge in [0.25, 0.3) is 0 Å². The molecular formula is C21H26N2O2. The maximum absolute atomic E-state index is 12.4. The number of carbonyl (C=O) groups excluding carboxylic acids is 1. The molecule has 25 heavy (non-hydrogen) atoms. The Morgan fingerprint density at radius 2 is 1.88 bits per heavy atom. The Labute approximate surface area is 149 Å². The van der Waals surface area contributed by atoms with E-state index in [0.29, 0.717) is 12.5 Å². The number of benzene rings is 2. The average molecular weight is 338 g/mol. The number of amides is 1. The molecule has 0 aliphatic carbocycles. The number of nitrogens with zero attached hydrogens (tertiary/aromatic N) is 1. The number of nitrogens with one attached hydrogen (secondary N) is 1. The summed E-state index contributed by atoms with van der Waals surface area (Å²) >= 11 is 0. The summed E-state index contributed by atoms with van der Waals surface area (Å²) in [5.74, 6) is 1.64. The highest BCUT2D eigenvalue weighted by Crippen LogP contribution is 2.22. The quantitative estimate of drug-likeness (QED) is 0.875. The predicted molar refractivity (Wildman–Crippen MR) is 101 cm³/mol. The molecule has 1 aliphatic heterocycles. The van der Waals surface area contributed by atoms with Crippen LogP contribution in [0.15, 0.2) is 54.6 Å². The maximum atomic E-state index is 12.4. The third-order valence-corrected chi connectivity index (χ3v) is 4.85. The fourth-order valence-corrected chi connectivity index (χ4v) is 3.36. The van der Waals surface area contributed by atoms with Crippen LogP contribution in [0.3, 0.4) is 0 Å². The van der Waals surface area contributed by atoms with Gasteiger partial charge in [0.15, 0.2) is 0 Å². The molecule has 1 fully saturated rings. The van der Waals surface area contributed by atoms with Crippen molar-refractivity contribution in [2.24, 2.45) is 5.92 Å². The van der Waals surface area contributed by atoms with Gasteiger partial charge < -0.3 is 15.0 Å². The number of ether oxygens (including phenoxy) is 1. The van der Waals surface area contributed by atoms with Crippen molar-refractivity contribution >= 4 is 11.6 Å². The molecule has 0 atom stereocenters. The predicted octanol–water partition coefficient (Wildman–Crippen LogP) is 3.59. The zero-order chi connectivity index (χ0) is 17.5. The molecule has 0 bridgehead atoms. The average Bonchev–Trinajstić information content (AvgIpc) is 2.67. The van der Waals surface area contributed by atoms with Gasteiger partial charge in [-0.15, -0.1) is 0 Å². The number of piperidine rings is 1. The molecule has 1 saturated heterocycles. The summed E-state index contributed by atoms with van der Waals surface area (Å²) in [7, 11) is 1.64. The topological polar surface area (TPSA) is 41.6 Å². The normalized spacial score (nSPS) is 15.0. The van der Waals surface area contributed by atoms with Gasteiger partial charge in [0.05, 0.1) is 13.7 Å². The summed E-state index contributed by atoms with van der Waals surface area (Å²) in [6.07, 6.45) is 3.28. The molecule has 1 heterocycles. The molecule has 4 heteroatoms. The van der Waals surface area contributed by atoms with E-state index in [2.05, 4.69) is 35.6 Å². The van der Waals surface area contributed by atoms with Crippen molar-refractivity contribution in [1.29, 1.82) is 0 Å². The molecule has 2 aromatic carbocycles. The lowest BCUT2D eigenvalue weighted by Crippen LogP contribution is -2.41. The molecule has 0 saturated carbocycles. The van der Waals surface area contributed by atoms with Crippen LogP contribution in [-0.2, 0) is 11.2 Å². The molecule has 132 valence electrons. The van der Waals surface area contributed by atoms with Crippen molar-refractivity contribution in [3.05, 3.63) is 60.2 Å². The molecule has 3 rings (SSSR count). The molecule has 0 aromatic heterocycles. The lowest BCUT2D eigenvalue weighted by atomic mass is 9.90. The largest absolute Gasteiger partial charge is 0.497 e. The van der Waals surface area contributed by atoms with Gasteiger partial charge in [-0.25, -0.2) is 0 Å². The van der Waals surface area contributed by atoms with Gasteiger partial charge in [-0.1, -0.05) is 36.4 Å². The minimum Gasteiger partial charge on any atom is -0.497 e. The number of methoxy groups -OCH3 is 1. The minimum atomic E-state index is 0.168. The molecular weight excluding hydrogens is 312 g/mol. The summed E-state index contributed by atoms with van der Waals surface area (Å²) in [6, 6.07) is 18.3. The summed E-state index contributed by atoms with van der Waals surface area (Å²) in [4.78, 5) is 14.4. The second-order valence-corrected chi connectivity index (χ2v) is 6.60. The van der Waals surface area contributed by atoms with Gasteiger partial charge in [0.1, 0.15) is 5.75 Å². The van der Waals surface area contributed by atoms with E-state index in [9.17, 15) is 4.79 Å². The van der Waals surface area contributed by atoms with E-state index in [-0.39, 0.29) is 5.91 Å². The summed E-state index contributed by atoms with van der Waals surface area (Å²) in [6.45, 7) is 2.04.